The molecule has 0 fully saturated rings. The summed E-state index contributed by atoms with van der Waals surface area (Å²) in [6.07, 6.45) is 3.17. The Morgan fingerprint density at radius 1 is 0.969 bits per heavy atom. The number of hydrogen-bond acceptors (Lipinski definition) is 5. The maximum absolute atomic E-state index is 12.4. The van der Waals surface area contributed by atoms with Crippen LogP contribution < -0.4 is 10.1 Å². The number of aryl methyl sites for hydroxylation is 2. The molecule has 0 unspecified atom stereocenters. The van der Waals surface area contributed by atoms with E-state index in [-0.39, 0.29) is 24.0 Å². The van der Waals surface area contributed by atoms with Gasteiger partial charge in [-0.05, 0) is 59.6 Å². The second-order valence-corrected chi connectivity index (χ2v) is 9.13. The van der Waals surface area contributed by atoms with E-state index >= 15 is 0 Å². The fraction of sp³-hybridized carbons (Fsp3) is 0.423. The summed E-state index contributed by atoms with van der Waals surface area (Å²) in [5, 5.41) is 2.74. The van der Waals surface area contributed by atoms with Gasteiger partial charge in [0, 0.05) is 12.0 Å². The molecule has 6 nitrogen and oxygen atoms in total. The van der Waals surface area contributed by atoms with Gasteiger partial charge in [-0.25, -0.2) is 0 Å². The van der Waals surface area contributed by atoms with Crippen LogP contribution in [-0.2, 0) is 32.6 Å². The third-order valence-corrected chi connectivity index (χ3v) is 5.68. The highest BCUT2D eigenvalue weighted by Crippen LogP contribution is 2.31. The first-order chi connectivity index (χ1) is 15.2. The monoisotopic (exact) mass is 437 g/mol. The van der Waals surface area contributed by atoms with Gasteiger partial charge in [-0.3, -0.25) is 14.4 Å². The molecule has 2 aromatic rings. The number of ketones is 1. The quantitative estimate of drug-likeness (QED) is 0.481. The summed E-state index contributed by atoms with van der Waals surface area (Å²) < 4.78 is 10.4. The first-order valence-electron chi connectivity index (χ1n) is 11.0. The molecule has 1 N–H and O–H groups in total. The van der Waals surface area contributed by atoms with Gasteiger partial charge in [0.25, 0.3) is 5.91 Å². The topological polar surface area (TPSA) is 81.7 Å². The molecule has 1 aliphatic carbocycles. The molecule has 0 bridgehead atoms. The van der Waals surface area contributed by atoms with Crippen LogP contribution >= 0.6 is 0 Å². The Kier molecular flexibility index (Phi) is 7.33. The van der Waals surface area contributed by atoms with Gasteiger partial charge >= 0.3 is 5.97 Å². The van der Waals surface area contributed by atoms with Gasteiger partial charge in [-0.2, -0.15) is 0 Å². The minimum Gasteiger partial charge on any atom is -0.495 e. The normalized spacial score (nSPS) is 12.8. The van der Waals surface area contributed by atoms with Crippen LogP contribution in [0.2, 0.25) is 0 Å². The molecule has 0 heterocycles. The zero-order chi connectivity index (χ0) is 23.3. The van der Waals surface area contributed by atoms with Crippen LogP contribution in [0.25, 0.3) is 0 Å². The Morgan fingerprint density at radius 2 is 1.72 bits per heavy atom. The van der Waals surface area contributed by atoms with E-state index in [0.717, 1.165) is 24.8 Å². The predicted octanol–water partition coefficient (Wildman–Crippen LogP) is 4.63. The maximum Gasteiger partial charge on any atom is 0.306 e. The Morgan fingerprint density at radius 3 is 2.44 bits per heavy atom. The highest BCUT2D eigenvalue weighted by atomic mass is 16.5. The number of benzene rings is 2. The van der Waals surface area contributed by atoms with Gasteiger partial charge in [0.05, 0.1) is 19.2 Å². The zero-order valence-corrected chi connectivity index (χ0v) is 19.2. The van der Waals surface area contributed by atoms with Gasteiger partial charge in [0.15, 0.2) is 12.4 Å². The summed E-state index contributed by atoms with van der Waals surface area (Å²) in [4.78, 5) is 36.8. The first kappa shape index (κ1) is 23.5. The SMILES string of the molecule is COc1ccc(C(C)(C)C)cc1NC(=O)COC(=O)CCC(=O)c1ccc2c(c1)CCC2. The largest absolute Gasteiger partial charge is 0.495 e. The molecule has 0 aromatic heterocycles. The molecule has 0 atom stereocenters. The van der Waals surface area contributed by atoms with Crippen LogP contribution in [-0.4, -0.2) is 31.4 Å². The first-order valence-corrected chi connectivity index (χ1v) is 11.0. The molecule has 32 heavy (non-hydrogen) atoms. The number of anilines is 1. The van der Waals surface area contributed by atoms with Gasteiger partial charge < -0.3 is 14.8 Å². The highest BCUT2D eigenvalue weighted by molar-refractivity contribution is 5.98. The summed E-state index contributed by atoms with van der Waals surface area (Å²) in [6.45, 7) is 5.81. The second kappa shape index (κ2) is 9.98. The van der Waals surface area contributed by atoms with Crippen molar-refractivity contribution < 1.29 is 23.9 Å². The van der Waals surface area contributed by atoms with Crippen LogP contribution in [0.4, 0.5) is 5.69 Å². The van der Waals surface area contributed by atoms with Gasteiger partial charge in [-0.1, -0.05) is 39.0 Å². The van der Waals surface area contributed by atoms with Crippen molar-refractivity contribution in [1.82, 2.24) is 0 Å². The average molecular weight is 438 g/mol. The number of carbonyl (C=O) groups is 3. The molecule has 0 saturated heterocycles. The minimum absolute atomic E-state index is 0.0562. The fourth-order valence-corrected chi connectivity index (χ4v) is 3.78. The smallest absolute Gasteiger partial charge is 0.306 e. The molecule has 0 radical (unpaired) electrons. The van der Waals surface area contributed by atoms with Crippen LogP contribution in [0.1, 0.15) is 67.1 Å². The number of hydrogen-bond donors (Lipinski definition) is 1. The number of ether oxygens (including phenoxy) is 2. The second-order valence-electron chi connectivity index (χ2n) is 9.13. The van der Waals surface area contributed by atoms with E-state index in [0.29, 0.717) is 17.0 Å². The van der Waals surface area contributed by atoms with Crippen molar-refractivity contribution in [3.63, 3.8) is 0 Å². The van der Waals surface area contributed by atoms with E-state index in [9.17, 15) is 14.4 Å². The number of Topliss-reactive ketones (excluding diaryl/α,β-unsaturated/α-hetero) is 1. The van der Waals surface area contributed by atoms with Gasteiger partial charge in [0.1, 0.15) is 5.75 Å². The van der Waals surface area contributed by atoms with E-state index in [1.807, 2.05) is 30.3 Å². The lowest BCUT2D eigenvalue weighted by Crippen LogP contribution is -2.22. The van der Waals surface area contributed by atoms with Crippen molar-refractivity contribution in [3.8, 4) is 5.75 Å². The van der Waals surface area contributed by atoms with E-state index < -0.39 is 18.5 Å². The van der Waals surface area contributed by atoms with E-state index in [2.05, 4.69) is 26.1 Å². The molecule has 0 spiro atoms. The lowest BCUT2D eigenvalue weighted by atomic mass is 9.87. The summed E-state index contributed by atoms with van der Waals surface area (Å²) >= 11 is 0. The van der Waals surface area contributed by atoms with Crippen molar-refractivity contribution in [1.29, 1.82) is 0 Å². The highest BCUT2D eigenvalue weighted by Gasteiger charge is 2.18. The van der Waals surface area contributed by atoms with Crippen LogP contribution in [0.3, 0.4) is 0 Å². The standard InChI is InChI=1S/C26H31NO5/c1-26(2,3)20-10-12-23(31-4)21(15-20)27-24(29)16-32-25(30)13-11-22(28)19-9-8-17-6-5-7-18(17)14-19/h8-10,12,14-15H,5-7,11,13,16H2,1-4H3,(H,27,29). The van der Waals surface area contributed by atoms with Crippen molar-refractivity contribution >= 4 is 23.3 Å². The number of methoxy groups -OCH3 is 1. The maximum atomic E-state index is 12.4. The number of amides is 1. The summed E-state index contributed by atoms with van der Waals surface area (Å²) in [5.74, 6) is -0.611. The number of nitrogens with one attached hydrogen (secondary N) is 1. The fourth-order valence-electron chi connectivity index (χ4n) is 3.78. The molecule has 6 heteroatoms. The van der Waals surface area contributed by atoms with E-state index in [4.69, 9.17) is 9.47 Å². The van der Waals surface area contributed by atoms with Crippen LogP contribution in [0.15, 0.2) is 36.4 Å². The third kappa shape index (κ3) is 5.96. The summed E-state index contributed by atoms with van der Waals surface area (Å²) in [6, 6.07) is 11.4. The van der Waals surface area contributed by atoms with Gasteiger partial charge in [0.2, 0.25) is 0 Å². The van der Waals surface area contributed by atoms with Crippen molar-refractivity contribution in [2.45, 2.75) is 58.3 Å². The molecular weight excluding hydrogens is 406 g/mol. The number of rotatable bonds is 8. The molecule has 0 saturated carbocycles. The van der Waals surface area contributed by atoms with Crippen molar-refractivity contribution in [2.24, 2.45) is 0 Å². The molecule has 1 amide bonds. The number of esters is 1. The molecule has 0 aliphatic heterocycles. The van der Waals surface area contributed by atoms with Gasteiger partial charge in [-0.15, -0.1) is 0 Å². The molecule has 170 valence electrons. The van der Waals surface area contributed by atoms with E-state index in [1.54, 1.807) is 6.07 Å². The number of carbonyl (C=O) groups excluding carboxylic acids is 3. The van der Waals surface area contributed by atoms with Crippen molar-refractivity contribution in [2.75, 3.05) is 19.0 Å². The Labute approximate surface area is 189 Å². The van der Waals surface area contributed by atoms with Crippen molar-refractivity contribution in [3.05, 3.63) is 58.7 Å². The molecule has 1 aliphatic rings. The Balaban J connectivity index is 1.49. The summed E-state index contributed by atoms with van der Waals surface area (Å²) in [7, 11) is 1.53. The zero-order valence-electron chi connectivity index (χ0n) is 19.2. The average Bonchev–Trinajstić information content (AvgIpc) is 3.23. The minimum atomic E-state index is -0.579. The van der Waals surface area contributed by atoms with Crippen LogP contribution in [0.5, 0.6) is 5.75 Å². The van der Waals surface area contributed by atoms with E-state index in [1.165, 1.54) is 18.2 Å². The Bertz CT molecular complexity index is 1020. The lowest BCUT2D eigenvalue weighted by molar-refractivity contribution is -0.147. The summed E-state index contributed by atoms with van der Waals surface area (Å²) in [5.41, 5.74) is 4.62. The predicted molar refractivity (Wildman–Crippen MR) is 123 cm³/mol. The Hall–Kier alpha value is -3.15. The molecular formula is C26H31NO5. The third-order valence-electron chi connectivity index (χ3n) is 5.68. The number of fused-ring (bicyclic) bond motifs is 1. The molecule has 2 aromatic carbocycles. The lowest BCUT2D eigenvalue weighted by Gasteiger charge is -2.21. The molecule has 3 rings (SSSR count). The van der Waals surface area contributed by atoms with Crippen LogP contribution in [0, 0.1) is 0 Å².